The Labute approximate surface area is 120 Å². The van der Waals surface area contributed by atoms with Crippen LogP contribution in [0.2, 0.25) is 0 Å². The highest BCUT2D eigenvalue weighted by atomic mass is 32.2. The molecule has 0 amide bonds. The Morgan fingerprint density at radius 1 is 0.722 bits per heavy atom. The van der Waals surface area contributed by atoms with Crippen LogP contribution in [0.3, 0.4) is 0 Å². The number of hydrogen-bond donors (Lipinski definition) is 0. The minimum Gasteiger partial charge on any atom is -0.135 e. The molecule has 18 heavy (non-hydrogen) atoms. The summed E-state index contributed by atoms with van der Waals surface area (Å²) in [4.78, 5) is 1.35. The summed E-state index contributed by atoms with van der Waals surface area (Å²) in [5.41, 5.74) is 0. The molecule has 108 valence electrons. The fourth-order valence-corrected chi connectivity index (χ4v) is 2.61. The molecule has 0 unspecified atom stereocenters. The minimum absolute atomic E-state index is 1.22. The molecule has 0 saturated heterocycles. The van der Waals surface area contributed by atoms with Gasteiger partial charge in [-0.05, 0) is 24.0 Å². The van der Waals surface area contributed by atoms with Gasteiger partial charge in [0.05, 0.1) is 0 Å². The van der Waals surface area contributed by atoms with E-state index in [0.29, 0.717) is 0 Å². The van der Waals surface area contributed by atoms with Crippen LogP contribution >= 0.6 is 11.8 Å². The largest absolute Gasteiger partial charge is 0.135 e. The molecule has 0 atom stereocenters. The van der Waals surface area contributed by atoms with Crippen molar-refractivity contribution in [3.8, 4) is 0 Å². The van der Waals surface area contributed by atoms with Crippen molar-refractivity contribution in [2.24, 2.45) is 0 Å². The van der Waals surface area contributed by atoms with Crippen LogP contribution in [0, 0.1) is 0 Å². The normalized spacial score (nSPS) is 10.8. The van der Waals surface area contributed by atoms with Crippen LogP contribution in [-0.4, -0.2) is 6.26 Å². The van der Waals surface area contributed by atoms with E-state index in [2.05, 4.69) is 19.8 Å². The Kier molecular flexibility index (Phi) is 15.2. The van der Waals surface area contributed by atoms with Gasteiger partial charge in [-0.25, -0.2) is 0 Å². The SMILES string of the molecule is C=C(CCCCCCCCCCCCCC)SC. The second-order valence-corrected chi connectivity index (χ2v) is 6.37. The molecule has 0 heterocycles. The second-order valence-electron chi connectivity index (χ2n) is 5.38. The van der Waals surface area contributed by atoms with Crippen LogP contribution < -0.4 is 0 Å². The molecular weight excluding hydrogens is 236 g/mol. The van der Waals surface area contributed by atoms with E-state index in [1.807, 2.05) is 11.8 Å². The van der Waals surface area contributed by atoms with E-state index in [0.717, 1.165) is 0 Å². The summed E-state index contributed by atoms with van der Waals surface area (Å²) in [6, 6.07) is 0. The van der Waals surface area contributed by atoms with Crippen LogP contribution in [0.15, 0.2) is 11.5 Å². The molecule has 0 nitrogen and oxygen atoms in total. The zero-order valence-electron chi connectivity index (χ0n) is 12.8. The molecule has 0 N–H and O–H groups in total. The van der Waals surface area contributed by atoms with Gasteiger partial charge in [-0.2, -0.15) is 0 Å². The van der Waals surface area contributed by atoms with Crippen molar-refractivity contribution < 1.29 is 0 Å². The monoisotopic (exact) mass is 270 g/mol. The molecule has 0 rings (SSSR count). The molecule has 1 heteroatoms. The second kappa shape index (κ2) is 15.1. The van der Waals surface area contributed by atoms with E-state index in [1.165, 1.54) is 88.4 Å². The highest BCUT2D eigenvalue weighted by molar-refractivity contribution is 8.02. The Morgan fingerprint density at radius 3 is 1.50 bits per heavy atom. The third-order valence-electron chi connectivity index (χ3n) is 3.60. The highest BCUT2D eigenvalue weighted by Gasteiger charge is 1.94. The molecule has 0 aliphatic carbocycles. The van der Waals surface area contributed by atoms with Gasteiger partial charge in [0.2, 0.25) is 0 Å². The standard InChI is InChI=1S/C17H34S/c1-4-5-6-7-8-9-10-11-12-13-14-15-16-17(2)18-3/h2,4-16H2,1,3H3. The summed E-state index contributed by atoms with van der Waals surface area (Å²) < 4.78 is 0. The molecule has 0 bridgehead atoms. The van der Waals surface area contributed by atoms with E-state index >= 15 is 0 Å². The van der Waals surface area contributed by atoms with E-state index in [4.69, 9.17) is 0 Å². The molecule has 0 aromatic rings. The lowest BCUT2D eigenvalue weighted by molar-refractivity contribution is 0.544. The number of allylic oxidation sites excluding steroid dienone is 1. The van der Waals surface area contributed by atoms with E-state index in [1.54, 1.807) is 0 Å². The van der Waals surface area contributed by atoms with Crippen LogP contribution in [-0.2, 0) is 0 Å². The van der Waals surface area contributed by atoms with Crippen molar-refractivity contribution in [1.82, 2.24) is 0 Å². The average molecular weight is 271 g/mol. The summed E-state index contributed by atoms with van der Waals surface area (Å²) in [6.45, 7) is 6.31. The molecule has 0 fully saturated rings. The van der Waals surface area contributed by atoms with E-state index < -0.39 is 0 Å². The van der Waals surface area contributed by atoms with Crippen LogP contribution in [0.25, 0.3) is 0 Å². The third-order valence-corrected chi connectivity index (χ3v) is 4.38. The van der Waals surface area contributed by atoms with Crippen molar-refractivity contribution >= 4 is 11.8 Å². The molecule has 0 aliphatic rings. The molecule has 0 aromatic carbocycles. The number of unbranched alkanes of at least 4 members (excludes halogenated alkanes) is 11. The fraction of sp³-hybridized carbons (Fsp3) is 0.882. The summed E-state index contributed by atoms with van der Waals surface area (Å²) in [6.07, 6.45) is 20.5. The third kappa shape index (κ3) is 14.2. The maximum atomic E-state index is 4.03. The van der Waals surface area contributed by atoms with Crippen LogP contribution in [0.5, 0.6) is 0 Å². The first-order chi connectivity index (χ1) is 8.81. The lowest BCUT2D eigenvalue weighted by atomic mass is 10.0. The maximum Gasteiger partial charge on any atom is -0.0140 e. The predicted molar refractivity (Wildman–Crippen MR) is 88.4 cm³/mol. The van der Waals surface area contributed by atoms with Crippen molar-refractivity contribution in [3.63, 3.8) is 0 Å². The summed E-state index contributed by atoms with van der Waals surface area (Å²) in [5.74, 6) is 0. The van der Waals surface area contributed by atoms with Gasteiger partial charge in [0.1, 0.15) is 0 Å². The van der Waals surface area contributed by atoms with Crippen LogP contribution in [0.4, 0.5) is 0 Å². The molecule has 0 aromatic heterocycles. The zero-order valence-corrected chi connectivity index (χ0v) is 13.6. The number of rotatable bonds is 14. The molecule has 0 radical (unpaired) electrons. The lowest BCUT2D eigenvalue weighted by Gasteiger charge is -2.03. The van der Waals surface area contributed by atoms with Crippen molar-refractivity contribution in [2.45, 2.75) is 90.4 Å². The van der Waals surface area contributed by atoms with Gasteiger partial charge >= 0.3 is 0 Å². The average Bonchev–Trinajstić information content (AvgIpc) is 2.39. The molecule has 0 aliphatic heterocycles. The fourth-order valence-electron chi connectivity index (χ4n) is 2.27. The van der Waals surface area contributed by atoms with Crippen molar-refractivity contribution in [1.29, 1.82) is 0 Å². The van der Waals surface area contributed by atoms with Gasteiger partial charge in [-0.1, -0.05) is 84.1 Å². The topological polar surface area (TPSA) is 0 Å². The number of hydrogen-bond acceptors (Lipinski definition) is 1. The Morgan fingerprint density at radius 2 is 1.11 bits per heavy atom. The van der Waals surface area contributed by atoms with E-state index in [9.17, 15) is 0 Å². The molecule has 0 saturated carbocycles. The first-order valence-corrected chi connectivity index (χ1v) is 9.25. The minimum atomic E-state index is 1.22. The van der Waals surface area contributed by atoms with Gasteiger partial charge in [0.25, 0.3) is 0 Å². The molecule has 0 spiro atoms. The van der Waals surface area contributed by atoms with Crippen molar-refractivity contribution in [3.05, 3.63) is 11.5 Å². The van der Waals surface area contributed by atoms with Crippen molar-refractivity contribution in [2.75, 3.05) is 6.26 Å². The Balaban J connectivity index is 2.97. The lowest BCUT2D eigenvalue weighted by Crippen LogP contribution is -1.83. The van der Waals surface area contributed by atoms with Gasteiger partial charge in [-0.15, -0.1) is 11.8 Å². The predicted octanol–water partition coefficient (Wildman–Crippen LogP) is 6.95. The summed E-state index contributed by atoms with van der Waals surface area (Å²) in [5, 5.41) is 0. The Bertz CT molecular complexity index is 174. The Hall–Kier alpha value is 0.0900. The smallest absolute Gasteiger partial charge is 0.0140 e. The van der Waals surface area contributed by atoms with Gasteiger partial charge in [0, 0.05) is 0 Å². The first-order valence-electron chi connectivity index (χ1n) is 8.03. The first kappa shape index (κ1) is 18.1. The van der Waals surface area contributed by atoms with Crippen LogP contribution in [0.1, 0.15) is 90.4 Å². The number of thioether (sulfide) groups is 1. The quantitative estimate of drug-likeness (QED) is 0.308. The highest BCUT2D eigenvalue weighted by Crippen LogP contribution is 2.18. The molecular formula is C17H34S. The zero-order chi connectivity index (χ0) is 13.5. The summed E-state index contributed by atoms with van der Waals surface area (Å²) in [7, 11) is 0. The van der Waals surface area contributed by atoms with Gasteiger partial charge in [0.15, 0.2) is 0 Å². The summed E-state index contributed by atoms with van der Waals surface area (Å²) >= 11 is 1.81. The van der Waals surface area contributed by atoms with Gasteiger partial charge in [-0.3, -0.25) is 0 Å². The van der Waals surface area contributed by atoms with Gasteiger partial charge < -0.3 is 0 Å². The maximum absolute atomic E-state index is 4.03. The van der Waals surface area contributed by atoms with E-state index in [-0.39, 0.29) is 0 Å².